The Labute approximate surface area is 100 Å². The Balaban J connectivity index is 2.34. The van der Waals surface area contributed by atoms with Gasteiger partial charge in [0, 0.05) is 12.7 Å². The van der Waals surface area contributed by atoms with Crippen LogP contribution in [0.5, 0.6) is 0 Å². The number of aromatic nitrogens is 1. The van der Waals surface area contributed by atoms with Gasteiger partial charge in [0.15, 0.2) is 0 Å². The highest BCUT2D eigenvalue weighted by Crippen LogP contribution is 2.22. The molecule has 0 saturated carbocycles. The number of ether oxygens (including phenoxy) is 1. The molecule has 17 heavy (non-hydrogen) atoms. The normalized spacial score (nSPS) is 20.3. The van der Waals surface area contributed by atoms with Crippen molar-refractivity contribution in [2.75, 3.05) is 24.7 Å². The van der Waals surface area contributed by atoms with E-state index in [2.05, 4.69) is 11.9 Å². The fraction of sp³-hybridized carbons (Fsp3) is 0.500. The predicted molar refractivity (Wildman–Crippen MR) is 63.4 cm³/mol. The molecule has 0 spiro atoms. The van der Waals surface area contributed by atoms with E-state index >= 15 is 0 Å². The number of rotatable bonds is 3. The Kier molecular flexibility index (Phi) is 3.58. The Morgan fingerprint density at radius 1 is 1.71 bits per heavy atom. The molecule has 0 radical (unpaired) electrons. The molecule has 1 aromatic rings. The van der Waals surface area contributed by atoms with Crippen LogP contribution in [-0.4, -0.2) is 41.9 Å². The summed E-state index contributed by atoms with van der Waals surface area (Å²) in [5, 5.41) is 9.16. The average molecular weight is 236 g/mol. The maximum atomic E-state index is 11.2. The van der Waals surface area contributed by atoms with Crippen LogP contribution in [0.3, 0.4) is 0 Å². The van der Waals surface area contributed by atoms with Gasteiger partial charge in [0.2, 0.25) is 0 Å². The van der Waals surface area contributed by atoms with Gasteiger partial charge in [-0.3, -0.25) is 0 Å². The third kappa shape index (κ3) is 2.39. The maximum absolute atomic E-state index is 11.2. The molecule has 1 fully saturated rings. The van der Waals surface area contributed by atoms with Crippen LogP contribution < -0.4 is 4.90 Å². The van der Waals surface area contributed by atoms with Crippen LogP contribution in [0.2, 0.25) is 0 Å². The number of aromatic carboxylic acids is 1. The fourth-order valence-electron chi connectivity index (χ4n) is 2.06. The Bertz CT molecular complexity index is 408. The predicted octanol–water partition coefficient (Wildman–Crippen LogP) is 1.40. The minimum Gasteiger partial charge on any atom is -0.478 e. The number of morpholine rings is 1. The lowest BCUT2D eigenvalue weighted by molar-refractivity contribution is 0.0693. The lowest BCUT2D eigenvalue weighted by Crippen LogP contribution is -2.46. The van der Waals surface area contributed by atoms with Crippen molar-refractivity contribution in [1.82, 2.24) is 4.98 Å². The molecule has 2 rings (SSSR count). The molecule has 1 saturated heterocycles. The molecule has 92 valence electrons. The molecule has 0 bridgehead atoms. The summed E-state index contributed by atoms with van der Waals surface area (Å²) in [7, 11) is 0. The monoisotopic (exact) mass is 236 g/mol. The highest BCUT2D eigenvalue weighted by Gasteiger charge is 2.26. The quantitative estimate of drug-likeness (QED) is 0.859. The van der Waals surface area contributed by atoms with Crippen molar-refractivity contribution in [3.63, 3.8) is 0 Å². The van der Waals surface area contributed by atoms with Gasteiger partial charge < -0.3 is 14.7 Å². The molecule has 1 N–H and O–H groups in total. The number of carboxylic acids is 1. The number of hydrogen-bond acceptors (Lipinski definition) is 4. The molecular weight excluding hydrogens is 220 g/mol. The number of pyridine rings is 1. The Morgan fingerprint density at radius 3 is 3.24 bits per heavy atom. The van der Waals surface area contributed by atoms with Crippen molar-refractivity contribution in [1.29, 1.82) is 0 Å². The van der Waals surface area contributed by atoms with E-state index in [0.29, 0.717) is 25.6 Å². The summed E-state index contributed by atoms with van der Waals surface area (Å²) < 4.78 is 5.41. The SMILES string of the molecule is CCC1COCCN1c1ncccc1C(=O)O. The van der Waals surface area contributed by atoms with Gasteiger partial charge in [-0.2, -0.15) is 0 Å². The van der Waals surface area contributed by atoms with Crippen molar-refractivity contribution in [3.8, 4) is 0 Å². The van der Waals surface area contributed by atoms with Crippen LogP contribution in [-0.2, 0) is 4.74 Å². The molecule has 0 aromatic carbocycles. The van der Waals surface area contributed by atoms with Gasteiger partial charge in [0.1, 0.15) is 11.4 Å². The molecule has 2 heterocycles. The smallest absolute Gasteiger partial charge is 0.339 e. The highest BCUT2D eigenvalue weighted by atomic mass is 16.5. The minimum absolute atomic E-state index is 0.205. The van der Waals surface area contributed by atoms with Crippen LogP contribution >= 0.6 is 0 Å². The van der Waals surface area contributed by atoms with Crippen molar-refractivity contribution in [2.45, 2.75) is 19.4 Å². The first-order chi connectivity index (χ1) is 8.24. The number of nitrogens with zero attached hydrogens (tertiary/aromatic N) is 2. The lowest BCUT2D eigenvalue weighted by atomic mass is 10.1. The van der Waals surface area contributed by atoms with Gasteiger partial charge in [-0.15, -0.1) is 0 Å². The summed E-state index contributed by atoms with van der Waals surface area (Å²) in [6.07, 6.45) is 2.54. The largest absolute Gasteiger partial charge is 0.478 e. The lowest BCUT2D eigenvalue weighted by Gasteiger charge is -2.36. The summed E-state index contributed by atoms with van der Waals surface area (Å²) in [6.45, 7) is 4.00. The zero-order valence-corrected chi connectivity index (χ0v) is 9.80. The van der Waals surface area contributed by atoms with Crippen molar-refractivity contribution in [3.05, 3.63) is 23.9 Å². The summed E-state index contributed by atoms with van der Waals surface area (Å²) in [6, 6.07) is 3.44. The molecule has 0 aliphatic carbocycles. The zero-order chi connectivity index (χ0) is 12.3. The molecule has 1 aliphatic heterocycles. The molecule has 1 aromatic heterocycles. The minimum atomic E-state index is -0.936. The fourth-order valence-corrected chi connectivity index (χ4v) is 2.06. The van der Waals surface area contributed by atoms with E-state index in [1.807, 2.05) is 4.90 Å². The molecular formula is C12H16N2O3. The van der Waals surface area contributed by atoms with Crippen LogP contribution in [0.25, 0.3) is 0 Å². The highest BCUT2D eigenvalue weighted by molar-refractivity contribution is 5.93. The topological polar surface area (TPSA) is 62.7 Å². The Hall–Kier alpha value is -1.62. The second-order valence-corrected chi connectivity index (χ2v) is 4.01. The first kappa shape index (κ1) is 11.9. The van der Waals surface area contributed by atoms with Crippen molar-refractivity contribution < 1.29 is 14.6 Å². The summed E-state index contributed by atoms with van der Waals surface area (Å²) in [5.74, 6) is -0.385. The second-order valence-electron chi connectivity index (χ2n) is 4.01. The first-order valence-corrected chi connectivity index (χ1v) is 5.76. The molecule has 1 unspecified atom stereocenters. The van der Waals surface area contributed by atoms with Crippen LogP contribution in [0.15, 0.2) is 18.3 Å². The van der Waals surface area contributed by atoms with Crippen molar-refractivity contribution >= 4 is 11.8 Å². The van der Waals surface area contributed by atoms with Crippen LogP contribution in [0.4, 0.5) is 5.82 Å². The molecule has 5 heteroatoms. The molecule has 1 aliphatic rings. The number of hydrogen-bond donors (Lipinski definition) is 1. The van der Waals surface area contributed by atoms with Gasteiger partial charge in [0.05, 0.1) is 19.3 Å². The molecule has 0 amide bonds. The van der Waals surface area contributed by atoms with Gasteiger partial charge >= 0.3 is 5.97 Å². The average Bonchev–Trinajstić information content (AvgIpc) is 2.38. The third-order valence-electron chi connectivity index (χ3n) is 2.99. The summed E-state index contributed by atoms with van der Waals surface area (Å²) in [5.41, 5.74) is 0.257. The zero-order valence-electron chi connectivity index (χ0n) is 9.80. The molecule has 1 atom stereocenters. The van der Waals surface area contributed by atoms with Gasteiger partial charge in [-0.1, -0.05) is 6.92 Å². The van der Waals surface area contributed by atoms with Gasteiger partial charge in [-0.05, 0) is 18.6 Å². The Morgan fingerprint density at radius 2 is 2.53 bits per heavy atom. The van der Waals surface area contributed by atoms with E-state index < -0.39 is 5.97 Å². The number of carbonyl (C=O) groups is 1. The summed E-state index contributed by atoms with van der Waals surface area (Å²) in [4.78, 5) is 17.4. The first-order valence-electron chi connectivity index (χ1n) is 5.76. The second kappa shape index (κ2) is 5.14. The van der Waals surface area contributed by atoms with Crippen molar-refractivity contribution in [2.24, 2.45) is 0 Å². The molecule has 5 nitrogen and oxygen atoms in total. The van der Waals surface area contributed by atoms with E-state index in [0.717, 1.165) is 6.42 Å². The van der Waals surface area contributed by atoms with E-state index in [-0.39, 0.29) is 11.6 Å². The summed E-state index contributed by atoms with van der Waals surface area (Å²) >= 11 is 0. The van der Waals surface area contributed by atoms with E-state index in [1.165, 1.54) is 0 Å². The van der Waals surface area contributed by atoms with E-state index in [4.69, 9.17) is 9.84 Å². The third-order valence-corrected chi connectivity index (χ3v) is 2.99. The van der Waals surface area contributed by atoms with Gasteiger partial charge in [0.25, 0.3) is 0 Å². The van der Waals surface area contributed by atoms with E-state index in [9.17, 15) is 4.79 Å². The van der Waals surface area contributed by atoms with Gasteiger partial charge in [-0.25, -0.2) is 9.78 Å². The maximum Gasteiger partial charge on any atom is 0.339 e. The van der Waals surface area contributed by atoms with E-state index in [1.54, 1.807) is 18.3 Å². The van der Waals surface area contributed by atoms with Crippen LogP contribution in [0, 0.1) is 0 Å². The number of carboxylic acid groups (broad SMARTS) is 1. The van der Waals surface area contributed by atoms with Crippen LogP contribution in [0.1, 0.15) is 23.7 Å². The number of anilines is 1. The standard InChI is InChI=1S/C12H16N2O3/c1-2-9-8-17-7-6-14(9)11-10(12(15)16)4-3-5-13-11/h3-5,9H,2,6-8H2,1H3,(H,15,16).